The van der Waals surface area contributed by atoms with Crippen LogP contribution in [0.3, 0.4) is 0 Å². The fraction of sp³-hybridized carbons (Fsp3) is 0.294. The van der Waals surface area contributed by atoms with E-state index in [9.17, 15) is 13.6 Å². The summed E-state index contributed by atoms with van der Waals surface area (Å²) in [5.41, 5.74) is 1.67. The molecule has 2 aromatic rings. The number of anilines is 1. The Labute approximate surface area is 143 Å². The van der Waals surface area contributed by atoms with Crippen molar-refractivity contribution >= 4 is 23.5 Å². The molecule has 126 valence electrons. The van der Waals surface area contributed by atoms with Crippen LogP contribution >= 0.6 is 11.8 Å². The van der Waals surface area contributed by atoms with Gasteiger partial charge in [0.1, 0.15) is 0 Å². The monoisotopic (exact) mass is 349 g/mol. The van der Waals surface area contributed by atoms with Crippen LogP contribution in [-0.4, -0.2) is 28.2 Å². The zero-order chi connectivity index (χ0) is 16.9. The van der Waals surface area contributed by atoms with Gasteiger partial charge >= 0.3 is 6.03 Å². The molecule has 7 heteroatoms. The second kappa shape index (κ2) is 7.61. The Bertz CT molecular complexity index is 682. The van der Waals surface area contributed by atoms with E-state index in [0.29, 0.717) is 28.9 Å². The van der Waals surface area contributed by atoms with Gasteiger partial charge in [-0.1, -0.05) is 11.8 Å². The number of nitrogens with one attached hydrogen (secondary N) is 1. The van der Waals surface area contributed by atoms with E-state index in [1.54, 1.807) is 41.6 Å². The van der Waals surface area contributed by atoms with E-state index in [4.69, 9.17) is 0 Å². The number of benzene rings is 1. The second-order valence-corrected chi connectivity index (χ2v) is 6.53. The summed E-state index contributed by atoms with van der Waals surface area (Å²) in [7, 11) is 0. The quantitative estimate of drug-likeness (QED) is 0.809. The molecule has 1 aliphatic rings. The molecule has 0 spiro atoms. The van der Waals surface area contributed by atoms with Crippen molar-refractivity contribution in [3.8, 4) is 0 Å². The lowest BCUT2D eigenvalue weighted by Crippen LogP contribution is -2.34. The molecule has 3 rings (SSSR count). The summed E-state index contributed by atoms with van der Waals surface area (Å²) < 4.78 is 24.6. The molecule has 24 heavy (non-hydrogen) atoms. The van der Waals surface area contributed by atoms with Crippen molar-refractivity contribution in [2.75, 3.05) is 11.9 Å². The molecule has 1 aliphatic heterocycles. The fourth-order valence-electron chi connectivity index (χ4n) is 2.86. The summed E-state index contributed by atoms with van der Waals surface area (Å²) in [6, 6.07) is 10.2. The number of aromatic nitrogens is 1. The first-order valence-corrected chi connectivity index (χ1v) is 8.54. The number of carbonyl (C=O) groups excluding carboxylic acids is 1. The minimum atomic E-state index is -2.45. The normalized spacial score (nSPS) is 17.3. The molecule has 1 N–H and O–H groups in total. The molecule has 2 amide bonds. The highest BCUT2D eigenvalue weighted by atomic mass is 32.2. The SMILES string of the molecule is O=C(Nc1ccc(SC(F)F)cc1)N1CCC[C@@H]1c1ccncc1. The van der Waals surface area contributed by atoms with E-state index in [2.05, 4.69) is 10.3 Å². The molecule has 4 nitrogen and oxygen atoms in total. The highest BCUT2D eigenvalue weighted by Gasteiger charge is 2.29. The average molecular weight is 349 g/mol. The summed E-state index contributed by atoms with van der Waals surface area (Å²) in [6.45, 7) is 0.693. The number of hydrogen-bond donors (Lipinski definition) is 1. The lowest BCUT2D eigenvalue weighted by Gasteiger charge is -2.25. The van der Waals surface area contributed by atoms with Crippen LogP contribution in [0.1, 0.15) is 24.4 Å². The molecule has 1 atom stereocenters. The number of halogens is 2. The van der Waals surface area contributed by atoms with Crippen LogP contribution in [-0.2, 0) is 0 Å². The third-order valence-electron chi connectivity index (χ3n) is 3.94. The number of carbonyl (C=O) groups is 1. The van der Waals surface area contributed by atoms with E-state index in [1.165, 1.54) is 0 Å². The van der Waals surface area contributed by atoms with E-state index >= 15 is 0 Å². The number of likely N-dealkylation sites (tertiary alicyclic amines) is 1. The maximum atomic E-state index is 12.5. The molecule has 0 radical (unpaired) electrons. The van der Waals surface area contributed by atoms with Crippen LogP contribution in [0, 0.1) is 0 Å². The predicted octanol–water partition coefficient (Wildman–Crippen LogP) is 4.77. The molecule has 2 heterocycles. The van der Waals surface area contributed by atoms with E-state index in [0.717, 1.165) is 18.4 Å². The summed E-state index contributed by atoms with van der Waals surface area (Å²) in [5.74, 6) is -2.45. The molecular formula is C17H17F2N3OS. The Morgan fingerprint density at radius 2 is 1.92 bits per heavy atom. The first-order valence-electron chi connectivity index (χ1n) is 7.66. The molecule has 1 fully saturated rings. The number of hydrogen-bond acceptors (Lipinski definition) is 3. The van der Waals surface area contributed by atoms with Gasteiger partial charge in [-0.05, 0) is 54.8 Å². The molecule has 0 bridgehead atoms. The standard InChI is InChI=1S/C17H17F2N3OS/c18-16(19)24-14-5-3-13(4-6-14)21-17(23)22-11-1-2-15(22)12-7-9-20-10-8-12/h3-10,15-16H,1-2,11H2,(H,21,23)/t15-/m1/s1. The third kappa shape index (κ3) is 4.03. The minimum Gasteiger partial charge on any atom is -0.317 e. The molecular weight excluding hydrogens is 332 g/mol. The first kappa shape index (κ1) is 16.7. The molecule has 1 aromatic heterocycles. The van der Waals surface area contributed by atoms with Crippen molar-refractivity contribution in [3.63, 3.8) is 0 Å². The Kier molecular flexibility index (Phi) is 5.30. The van der Waals surface area contributed by atoms with Gasteiger partial charge < -0.3 is 10.2 Å². The van der Waals surface area contributed by atoms with Gasteiger partial charge in [0.15, 0.2) is 0 Å². The number of amides is 2. The van der Waals surface area contributed by atoms with Gasteiger partial charge in [-0.2, -0.15) is 8.78 Å². The van der Waals surface area contributed by atoms with E-state index in [-0.39, 0.29) is 12.1 Å². The van der Waals surface area contributed by atoms with Crippen LogP contribution in [0.5, 0.6) is 0 Å². The predicted molar refractivity (Wildman–Crippen MR) is 90.2 cm³/mol. The lowest BCUT2D eigenvalue weighted by atomic mass is 10.1. The maximum absolute atomic E-state index is 12.5. The second-order valence-electron chi connectivity index (χ2n) is 5.47. The highest BCUT2D eigenvalue weighted by Crippen LogP contribution is 2.32. The Morgan fingerprint density at radius 3 is 2.58 bits per heavy atom. The number of alkyl halides is 2. The molecule has 1 saturated heterocycles. The number of rotatable bonds is 4. The van der Waals surface area contributed by atoms with Crippen LogP contribution < -0.4 is 5.32 Å². The number of urea groups is 1. The molecule has 0 aliphatic carbocycles. The van der Waals surface area contributed by atoms with Crippen LogP contribution in [0.4, 0.5) is 19.3 Å². The summed E-state index contributed by atoms with van der Waals surface area (Å²) in [6.07, 6.45) is 5.32. The Hall–Kier alpha value is -2.15. The van der Waals surface area contributed by atoms with E-state index in [1.807, 2.05) is 12.1 Å². The molecule has 1 aromatic carbocycles. The average Bonchev–Trinajstić information content (AvgIpc) is 3.07. The van der Waals surface area contributed by atoms with Crippen LogP contribution in [0.2, 0.25) is 0 Å². The van der Waals surface area contributed by atoms with Crippen molar-refractivity contribution in [1.82, 2.24) is 9.88 Å². The van der Waals surface area contributed by atoms with Gasteiger partial charge in [0, 0.05) is 29.5 Å². The van der Waals surface area contributed by atoms with Gasteiger partial charge in [0.25, 0.3) is 5.76 Å². The molecule has 0 unspecified atom stereocenters. The number of thioether (sulfide) groups is 1. The van der Waals surface area contributed by atoms with Crippen molar-refractivity contribution in [2.24, 2.45) is 0 Å². The maximum Gasteiger partial charge on any atom is 0.322 e. The summed E-state index contributed by atoms with van der Waals surface area (Å²) in [5, 5.41) is 2.84. The van der Waals surface area contributed by atoms with Gasteiger partial charge in [0.2, 0.25) is 0 Å². The Morgan fingerprint density at radius 1 is 1.21 bits per heavy atom. The smallest absolute Gasteiger partial charge is 0.317 e. The first-order chi connectivity index (χ1) is 11.6. The number of nitrogens with zero attached hydrogens (tertiary/aromatic N) is 2. The zero-order valence-corrected chi connectivity index (χ0v) is 13.7. The summed E-state index contributed by atoms with van der Waals surface area (Å²) >= 11 is 0.487. The molecule has 0 saturated carbocycles. The number of pyridine rings is 1. The van der Waals surface area contributed by atoms with Crippen molar-refractivity contribution in [1.29, 1.82) is 0 Å². The van der Waals surface area contributed by atoms with Gasteiger partial charge in [0.05, 0.1) is 6.04 Å². The van der Waals surface area contributed by atoms with Crippen LogP contribution in [0.25, 0.3) is 0 Å². The van der Waals surface area contributed by atoms with Gasteiger partial charge in [-0.15, -0.1) is 0 Å². The van der Waals surface area contributed by atoms with Gasteiger partial charge in [-0.25, -0.2) is 4.79 Å². The van der Waals surface area contributed by atoms with Crippen molar-refractivity contribution in [3.05, 3.63) is 54.4 Å². The van der Waals surface area contributed by atoms with E-state index < -0.39 is 5.76 Å². The van der Waals surface area contributed by atoms with Crippen molar-refractivity contribution < 1.29 is 13.6 Å². The lowest BCUT2D eigenvalue weighted by molar-refractivity contribution is 0.207. The topological polar surface area (TPSA) is 45.2 Å². The zero-order valence-electron chi connectivity index (χ0n) is 12.9. The van der Waals surface area contributed by atoms with Crippen molar-refractivity contribution in [2.45, 2.75) is 29.5 Å². The minimum absolute atomic E-state index is 0.0432. The third-order valence-corrected chi connectivity index (χ3v) is 4.66. The summed E-state index contributed by atoms with van der Waals surface area (Å²) in [4.78, 5) is 18.8. The largest absolute Gasteiger partial charge is 0.322 e. The van der Waals surface area contributed by atoms with Crippen LogP contribution in [0.15, 0.2) is 53.7 Å². The Balaban J connectivity index is 1.66. The van der Waals surface area contributed by atoms with Gasteiger partial charge in [-0.3, -0.25) is 4.98 Å². The highest BCUT2D eigenvalue weighted by molar-refractivity contribution is 7.99. The fourth-order valence-corrected chi connectivity index (χ4v) is 3.36.